The monoisotopic (exact) mass is 560 g/mol. The van der Waals surface area contributed by atoms with Crippen LogP contribution in [0.5, 0.6) is 0 Å². The molecule has 0 radical (unpaired) electrons. The van der Waals surface area contributed by atoms with Crippen molar-refractivity contribution in [1.82, 2.24) is 14.9 Å². The van der Waals surface area contributed by atoms with Crippen molar-refractivity contribution in [3.8, 4) is 16.9 Å². The number of aromatic nitrogens is 2. The molecule has 2 atom stereocenters. The zero-order valence-electron chi connectivity index (χ0n) is 20.0. The molecular formula is C28H25BrN4O4. The molecule has 4 aromatic rings. The van der Waals surface area contributed by atoms with E-state index in [9.17, 15) is 14.7 Å². The van der Waals surface area contributed by atoms with E-state index in [1.807, 2.05) is 30.3 Å². The van der Waals surface area contributed by atoms with E-state index < -0.39 is 11.4 Å². The highest BCUT2D eigenvalue weighted by molar-refractivity contribution is 9.10. The third-order valence-corrected chi connectivity index (χ3v) is 8.75. The number of pyridine rings is 1. The Bertz CT molecular complexity index is 1640. The number of oxazole rings is 1. The Hall–Kier alpha value is -3.43. The van der Waals surface area contributed by atoms with Crippen molar-refractivity contribution in [2.45, 2.75) is 24.7 Å². The molecule has 2 N–H and O–H groups in total. The Morgan fingerprint density at radius 1 is 1.16 bits per heavy atom. The molecule has 0 bridgehead atoms. The molecule has 2 aromatic carbocycles. The maximum absolute atomic E-state index is 12.8. The van der Waals surface area contributed by atoms with Crippen LogP contribution in [0.2, 0.25) is 0 Å². The van der Waals surface area contributed by atoms with E-state index in [1.165, 1.54) is 25.1 Å². The van der Waals surface area contributed by atoms with Gasteiger partial charge in [0.1, 0.15) is 11.1 Å². The van der Waals surface area contributed by atoms with Crippen LogP contribution in [-0.2, 0) is 5.41 Å². The van der Waals surface area contributed by atoms with Crippen molar-refractivity contribution in [3.63, 3.8) is 0 Å². The first-order valence-electron chi connectivity index (χ1n) is 12.6. The second-order valence-corrected chi connectivity index (χ2v) is 11.2. The molecule has 0 amide bonds. The topological polar surface area (TPSA) is 101 Å². The Kier molecular flexibility index (Phi) is 5.10. The van der Waals surface area contributed by atoms with Crippen molar-refractivity contribution in [2.75, 3.05) is 31.1 Å². The van der Waals surface area contributed by atoms with Gasteiger partial charge in [-0.3, -0.25) is 4.79 Å². The molecule has 1 saturated carbocycles. The fourth-order valence-corrected chi connectivity index (χ4v) is 6.59. The first-order valence-corrected chi connectivity index (χ1v) is 13.4. The number of hydrogen-bond acceptors (Lipinski definition) is 6. The summed E-state index contributed by atoms with van der Waals surface area (Å²) in [5.74, 6) is 0.0830. The number of carbonyl (C=O) groups is 1. The van der Waals surface area contributed by atoms with Crippen LogP contribution in [0, 0.1) is 5.92 Å². The summed E-state index contributed by atoms with van der Waals surface area (Å²) in [6.45, 7) is 3.92. The number of halogens is 1. The minimum absolute atomic E-state index is 0.00152. The van der Waals surface area contributed by atoms with Gasteiger partial charge in [-0.25, -0.2) is 9.78 Å². The molecule has 2 saturated heterocycles. The highest BCUT2D eigenvalue weighted by atomic mass is 79.9. The standard InChI is InChI=1S/C28H25BrN4O4/c29-20-9-16(3-6-22(20)32-7-1-2-8-32)23-11-24(34)19(26(35)36)14-33(23)18-4-5-21-25(10-18)37-27(31-21)28-12-17(28)13-30-15-28/h3-6,9-11,14,17,30H,1-2,7-8,12-13,15H2,(H,35,36). The van der Waals surface area contributed by atoms with Crippen molar-refractivity contribution in [3.05, 3.63) is 74.8 Å². The number of nitrogens with zero attached hydrogens (tertiary/aromatic N) is 3. The third kappa shape index (κ3) is 3.63. The minimum Gasteiger partial charge on any atom is -0.477 e. The van der Waals surface area contributed by atoms with Crippen LogP contribution in [0.15, 0.2) is 62.3 Å². The minimum atomic E-state index is -1.26. The molecule has 3 fully saturated rings. The average molecular weight is 561 g/mol. The van der Waals surface area contributed by atoms with Gasteiger partial charge in [0.25, 0.3) is 0 Å². The molecule has 2 aliphatic heterocycles. The lowest BCUT2D eigenvalue weighted by Gasteiger charge is -2.21. The van der Waals surface area contributed by atoms with E-state index in [2.05, 4.69) is 32.2 Å². The van der Waals surface area contributed by atoms with Gasteiger partial charge in [0, 0.05) is 48.1 Å². The van der Waals surface area contributed by atoms with Crippen molar-refractivity contribution < 1.29 is 14.3 Å². The van der Waals surface area contributed by atoms with Gasteiger partial charge in [0.2, 0.25) is 5.89 Å². The van der Waals surface area contributed by atoms with Crippen molar-refractivity contribution in [1.29, 1.82) is 0 Å². The van der Waals surface area contributed by atoms with Gasteiger partial charge in [-0.15, -0.1) is 0 Å². The molecule has 2 aromatic heterocycles. The largest absolute Gasteiger partial charge is 0.477 e. The predicted octanol–water partition coefficient (Wildman–Crippen LogP) is 4.57. The number of rotatable bonds is 5. The Labute approximate surface area is 221 Å². The molecule has 188 valence electrons. The second-order valence-electron chi connectivity index (χ2n) is 10.3. The van der Waals surface area contributed by atoms with E-state index in [-0.39, 0.29) is 11.0 Å². The van der Waals surface area contributed by atoms with E-state index in [4.69, 9.17) is 9.40 Å². The summed E-state index contributed by atoms with van der Waals surface area (Å²) in [6.07, 6.45) is 4.84. The smallest absolute Gasteiger partial charge is 0.341 e. The number of hydrogen-bond donors (Lipinski definition) is 2. The first-order chi connectivity index (χ1) is 17.9. The van der Waals surface area contributed by atoms with Gasteiger partial charge in [0.05, 0.1) is 16.8 Å². The second kappa shape index (κ2) is 8.29. The van der Waals surface area contributed by atoms with Gasteiger partial charge >= 0.3 is 5.97 Å². The number of anilines is 1. The van der Waals surface area contributed by atoms with E-state index >= 15 is 0 Å². The quantitative estimate of drug-likeness (QED) is 0.368. The molecule has 9 heteroatoms. The first kappa shape index (κ1) is 22.7. The molecule has 8 nitrogen and oxygen atoms in total. The highest BCUT2D eigenvalue weighted by Crippen LogP contribution is 2.56. The number of nitrogens with one attached hydrogen (secondary N) is 1. The number of benzene rings is 2. The Balaban J connectivity index is 1.35. The lowest BCUT2D eigenvalue weighted by molar-refractivity contribution is 0.0695. The summed E-state index contributed by atoms with van der Waals surface area (Å²) in [6, 6.07) is 13.1. The van der Waals surface area contributed by atoms with Gasteiger partial charge in [-0.05, 0) is 77.5 Å². The predicted molar refractivity (Wildman–Crippen MR) is 144 cm³/mol. The van der Waals surface area contributed by atoms with Crippen LogP contribution in [0.4, 0.5) is 5.69 Å². The maximum atomic E-state index is 12.8. The molecule has 4 heterocycles. The van der Waals surface area contributed by atoms with Gasteiger partial charge in [0.15, 0.2) is 11.0 Å². The number of piperidine rings is 1. The zero-order valence-corrected chi connectivity index (χ0v) is 21.6. The summed E-state index contributed by atoms with van der Waals surface area (Å²) < 4.78 is 8.93. The fourth-order valence-electron chi connectivity index (χ4n) is 5.96. The van der Waals surface area contributed by atoms with Crippen LogP contribution in [0.25, 0.3) is 28.0 Å². The average Bonchev–Trinajstić information content (AvgIpc) is 3.34. The maximum Gasteiger partial charge on any atom is 0.341 e. The van der Waals surface area contributed by atoms with Crippen LogP contribution in [0.3, 0.4) is 0 Å². The summed E-state index contributed by atoms with van der Waals surface area (Å²) in [5.41, 5.74) is 3.81. The van der Waals surface area contributed by atoms with E-state index in [1.54, 1.807) is 4.57 Å². The molecular weight excluding hydrogens is 536 g/mol. The van der Waals surface area contributed by atoms with E-state index in [0.29, 0.717) is 22.9 Å². The molecule has 37 heavy (non-hydrogen) atoms. The lowest BCUT2D eigenvalue weighted by atomic mass is 10.1. The van der Waals surface area contributed by atoms with Gasteiger partial charge < -0.3 is 24.3 Å². The van der Waals surface area contributed by atoms with Crippen LogP contribution >= 0.6 is 15.9 Å². The highest BCUT2D eigenvalue weighted by Gasteiger charge is 2.61. The zero-order chi connectivity index (χ0) is 25.3. The SMILES string of the molecule is O=C(O)c1cn(-c2ccc3nc(C45CNCC4C5)oc3c2)c(-c2ccc(N3CCCC3)c(Br)c2)cc1=O. The number of aromatic carboxylic acids is 1. The van der Waals surface area contributed by atoms with Crippen molar-refractivity contribution >= 4 is 38.7 Å². The number of fused-ring (bicyclic) bond motifs is 2. The molecule has 7 rings (SSSR count). The van der Waals surface area contributed by atoms with Gasteiger partial charge in [-0.2, -0.15) is 0 Å². The molecule has 0 spiro atoms. The van der Waals surface area contributed by atoms with E-state index in [0.717, 1.165) is 59.7 Å². The Morgan fingerprint density at radius 2 is 2.00 bits per heavy atom. The normalized spacial score (nSPS) is 22.5. The summed E-state index contributed by atoms with van der Waals surface area (Å²) >= 11 is 3.72. The van der Waals surface area contributed by atoms with Crippen LogP contribution in [-0.4, -0.2) is 46.8 Å². The molecule has 1 aliphatic carbocycles. The Morgan fingerprint density at radius 3 is 2.70 bits per heavy atom. The van der Waals surface area contributed by atoms with Crippen LogP contribution in [0.1, 0.15) is 35.5 Å². The van der Waals surface area contributed by atoms with Crippen molar-refractivity contribution in [2.24, 2.45) is 5.92 Å². The molecule has 2 unspecified atom stereocenters. The summed E-state index contributed by atoms with van der Waals surface area (Å²) in [7, 11) is 0. The summed E-state index contributed by atoms with van der Waals surface area (Å²) in [4.78, 5) is 31.7. The number of carboxylic acids is 1. The third-order valence-electron chi connectivity index (χ3n) is 8.11. The summed E-state index contributed by atoms with van der Waals surface area (Å²) in [5, 5.41) is 13.1. The lowest BCUT2D eigenvalue weighted by Crippen LogP contribution is -2.19. The molecule has 3 aliphatic rings. The van der Waals surface area contributed by atoms with Crippen LogP contribution < -0.4 is 15.6 Å². The fraction of sp³-hybridized carbons (Fsp3) is 0.321. The van der Waals surface area contributed by atoms with Gasteiger partial charge in [-0.1, -0.05) is 6.07 Å². The number of carboxylic acid groups (broad SMARTS) is 1.